The van der Waals surface area contributed by atoms with Gasteiger partial charge in [0.05, 0.1) is 4.90 Å². The number of benzene rings is 1. The molecule has 0 bridgehead atoms. The first-order chi connectivity index (χ1) is 19.6. The highest BCUT2D eigenvalue weighted by Gasteiger charge is 2.63. The summed E-state index contributed by atoms with van der Waals surface area (Å²) in [5.74, 6) is 4.67. The van der Waals surface area contributed by atoms with Crippen LogP contribution in [-0.2, 0) is 18.5 Å². The van der Waals surface area contributed by atoms with Gasteiger partial charge >= 0.3 is 10.1 Å². The van der Waals surface area contributed by atoms with Crippen LogP contribution in [0.1, 0.15) is 111 Å². The number of carbonyl (C=O) groups is 1. The maximum absolute atomic E-state index is 14.1. The van der Waals surface area contributed by atoms with E-state index in [1.807, 2.05) is 31.6 Å². The molecule has 9 atom stereocenters. The van der Waals surface area contributed by atoms with Gasteiger partial charge in [0.2, 0.25) is 0 Å². The van der Waals surface area contributed by atoms with Gasteiger partial charge in [0, 0.05) is 17.6 Å². The molecule has 5 rings (SSSR count). The highest BCUT2D eigenvalue weighted by atomic mass is 32.3. The van der Waals surface area contributed by atoms with Crippen molar-refractivity contribution in [1.82, 2.24) is 0 Å². The Kier molecular flexibility index (Phi) is 9.16. The maximum atomic E-state index is 14.1. The summed E-state index contributed by atoms with van der Waals surface area (Å²) >= 11 is 0. The zero-order chi connectivity index (χ0) is 30.7. The lowest BCUT2D eigenvalue weighted by molar-refractivity contribution is -0.154. The third kappa shape index (κ3) is 5.91. The van der Waals surface area contributed by atoms with Crippen LogP contribution in [0.3, 0.4) is 0 Å². The van der Waals surface area contributed by atoms with Gasteiger partial charge < -0.3 is 0 Å². The number of hydrogen-bond acceptors (Lipinski definition) is 4. The standard InChI is InChI=1S/C36H58O4S2/c1-24(2)10-9-11-26(4)30-16-17-31-29-23-34(37)33-22-28(18-20-36(33,6)32(29)19-21-35(30,31)5)41(7,8)40-42(38,39)27-14-12-25(3)13-15-27/h12-15,24,26,28-33H,9-11,16-23H2,1-8H3/t26-,28?,29+,30-,31+,32+,33?,35-,36-/m1/s1. The van der Waals surface area contributed by atoms with Gasteiger partial charge in [-0.2, -0.15) is 8.42 Å². The van der Waals surface area contributed by atoms with E-state index in [4.69, 9.17) is 3.63 Å². The molecule has 0 amide bonds. The molecule has 4 nitrogen and oxygen atoms in total. The lowest BCUT2D eigenvalue weighted by Gasteiger charge is -2.61. The fraction of sp³-hybridized carbons (Fsp3) is 0.806. The van der Waals surface area contributed by atoms with Gasteiger partial charge in [0.15, 0.2) is 0 Å². The fourth-order valence-electron chi connectivity index (χ4n) is 10.6. The largest absolute Gasteiger partial charge is 0.306 e. The summed E-state index contributed by atoms with van der Waals surface area (Å²) in [7, 11) is -5.77. The summed E-state index contributed by atoms with van der Waals surface area (Å²) in [4.78, 5) is 14.3. The Labute approximate surface area is 259 Å². The quantitative estimate of drug-likeness (QED) is 0.277. The number of aryl methyl sites for hydroxylation is 1. The van der Waals surface area contributed by atoms with E-state index >= 15 is 0 Å². The SMILES string of the molecule is Cc1ccc(S(=O)(=O)OS(C)(C)C2CC[C@@]3(C)C(C2)C(=O)C[C@H]2[C@@H]4CC[C@H]([C@H](C)CCCC(C)C)[C@@]4(C)CC[C@@H]23)cc1. The molecule has 238 valence electrons. The summed E-state index contributed by atoms with van der Waals surface area (Å²) in [6.45, 7) is 14.2. The number of Topliss-reactive ketones (excluding diaryl/α,β-unsaturated/α-hetero) is 1. The van der Waals surface area contributed by atoms with Crippen LogP contribution >= 0.6 is 10.3 Å². The molecule has 0 N–H and O–H groups in total. The summed E-state index contributed by atoms with van der Waals surface area (Å²) in [5.41, 5.74) is 1.43. The molecule has 0 radical (unpaired) electrons. The first-order valence-corrected chi connectivity index (χ1v) is 20.7. The number of rotatable bonds is 9. The van der Waals surface area contributed by atoms with Crippen LogP contribution in [0.4, 0.5) is 0 Å². The van der Waals surface area contributed by atoms with Gasteiger partial charge in [-0.3, -0.25) is 4.79 Å². The molecule has 0 spiro atoms. The Hall–Kier alpha value is -0.850. The number of fused-ring (bicyclic) bond motifs is 5. The molecule has 1 aromatic carbocycles. The number of carbonyl (C=O) groups excluding carboxylic acids is 1. The molecule has 4 aliphatic carbocycles. The van der Waals surface area contributed by atoms with Crippen LogP contribution in [0, 0.1) is 59.2 Å². The normalized spacial score (nSPS) is 38.1. The van der Waals surface area contributed by atoms with E-state index in [1.54, 1.807) is 12.1 Å². The molecule has 0 saturated heterocycles. The van der Waals surface area contributed by atoms with E-state index in [1.165, 1.54) is 44.9 Å². The van der Waals surface area contributed by atoms with E-state index < -0.39 is 20.4 Å². The van der Waals surface area contributed by atoms with Gasteiger partial charge in [-0.15, -0.1) is 10.3 Å². The molecule has 0 aliphatic heterocycles. The third-order valence-corrected chi connectivity index (χ3v) is 18.0. The summed E-state index contributed by atoms with van der Waals surface area (Å²) < 4.78 is 32.5. The minimum atomic E-state index is -3.85. The van der Waals surface area contributed by atoms with E-state index in [2.05, 4.69) is 34.6 Å². The predicted octanol–water partition coefficient (Wildman–Crippen LogP) is 9.35. The average molecular weight is 619 g/mol. The Morgan fingerprint density at radius 2 is 1.55 bits per heavy atom. The fourth-order valence-corrected chi connectivity index (χ4v) is 15.0. The lowest BCUT2D eigenvalue weighted by atomic mass is 9.44. The smallest absolute Gasteiger partial charge is 0.299 e. The van der Waals surface area contributed by atoms with Gasteiger partial charge in [0.25, 0.3) is 0 Å². The van der Waals surface area contributed by atoms with Crippen LogP contribution in [0.25, 0.3) is 0 Å². The number of ketones is 1. The molecule has 4 aliphatic rings. The Morgan fingerprint density at radius 3 is 2.21 bits per heavy atom. The van der Waals surface area contributed by atoms with Gasteiger partial charge in [-0.05, 0) is 123 Å². The molecule has 2 unspecified atom stereocenters. The predicted molar refractivity (Wildman–Crippen MR) is 176 cm³/mol. The lowest BCUT2D eigenvalue weighted by Crippen LogP contribution is -2.57. The van der Waals surface area contributed by atoms with Crippen molar-refractivity contribution in [2.24, 2.45) is 52.3 Å². The monoisotopic (exact) mass is 618 g/mol. The molecule has 4 fully saturated rings. The van der Waals surface area contributed by atoms with Crippen molar-refractivity contribution < 1.29 is 16.8 Å². The van der Waals surface area contributed by atoms with E-state index in [0.29, 0.717) is 29.0 Å². The van der Waals surface area contributed by atoms with Crippen LogP contribution in [0.2, 0.25) is 0 Å². The molecule has 42 heavy (non-hydrogen) atoms. The topological polar surface area (TPSA) is 60.4 Å². The van der Waals surface area contributed by atoms with Crippen molar-refractivity contribution in [3.8, 4) is 0 Å². The first kappa shape index (κ1) is 32.5. The second kappa shape index (κ2) is 11.8. The summed E-state index contributed by atoms with van der Waals surface area (Å²) in [5, 5.41) is 0.118. The number of hydrogen-bond donors (Lipinski definition) is 0. The second-order valence-corrected chi connectivity index (χ2v) is 21.4. The molecule has 0 aromatic heterocycles. The Bertz CT molecular complexity index is 1240. The highest BCUT2D eigenvalue weighted by Crippen LogP contribution is 2.69. The van der Waals surface area contributed by atoms with Crippen molar-refractivity contribution in [3.05, 3.63) is 29.8 Å². The average Bonchev–Trinajstić information content (AvgIpc) is 3.25. The molecular weight excluding hydrogens is 561 g/mol. The van der Waals surface area contributed by atoms with E-state index in [9.17, 15) is 13.2 Å². The van der Waals surface area contributed by atoms with Crippen molar-refractivity contribution in [3.63, 3.8) is 0 Å². The van der Waals surface area contributed by atoms with Crippen molar-refractivity contribution in [2.75, 3.05) is 12.5 Å². The zero-order valence-electron chi connectivity index (χ0n) is 27.7. The van der Waals surface area contributed by atoms with Crippen LogP contribution in [-0.4, -0.2) is 32.0 Å². The van der Waals surface area contributed by atoms with Crippen LogP contribution < -0.4 is 0 Å². The molecule has 4 saturated carbocycles. The molecule has 0 heterocycles. The van der Waals surface area contributed by atoms with Crippen molar-refractivity contribution in [2.45, 2.75) is 122 Å². The van der Waals surface area contributed by atoms with Gasteiger partial charge in [-0.1, -0.05) is 71.6 Å². The van der Waals surface area contributed by atoms with Gasteiger partial charge in [0.1, 0.15) is 5.78 Å². The highest BCUT2D eigenvalue weighted by molar-refractivity contribution is 8.32. The minimum Gasteiger partial charge on any atom is -0.299 e. The summed E-state index contributed by atoms with van der Waals surface area (Å²) in [6, 6.07) is 6.91. The Morgan fingerprint density at radius 1 is 0.905 bits per heavy atom. The molecule has 1 aromatic rings. The van der Waals surface area contributed by atoms with E-state index in [-0.39, 0.29) is 21.5 Å². The van der Waals surface area contributed by atoms with Crippen LogP contribution in [0.15, 0.2) is 29.2 Å². The zero-order valence-corrected chi connectivity index (χ0v) is 29.3. The molecular formula is C36H58O4S2. The van der Waals surface area contributed by atoms with Crippen molar-refractivity contribution in [1.29, 1.82) is 0 Å². The second-order valence-electron chi connectivity index (χ2n) is 16.2. The maximum Gasteiger partial charge on any atom is 0.306 e. The molecule has 6 heteroatoms. The minimum absolute atomic E-state index is 0.0319. The van der Waals surface area contributed by atoms with Gasteiger partial charge in [-0.25, -0.2) is 3.63 Å². The van der Waals surface area contributed by atoms with Crippen molar-refractivity contribution >= 4 is 26.2 Å². The van der Waals surface area contributed by atoms with E-state index in [0.717, 1.165) is 49.0 Å². The third-order valence-electron chi connectivity index (χ3n) is 13.0. The Balaban J connectivity index is 1.29. The van der Waals surface area contributed by atoms with Crippen LogP contribution in [0.5, 0.6) is 0 Å². The first-order valence-electron chi connectivity index (χ1n) is 16.9. The summed E-state index contributed by atoms with van der Waals surface area (Å²) in [6.07, 6.45) is 16.7.